The molecular formula is C17H19N3O6S. The summed E-state index contributed by atoms with van der Waals surface area (Å²) in [7, 11) is -2.64. The number of hydrogen-bond acceptors (Lipinski definition) is 6. The number of para-hydroxylation sites is 1. The SMILES string of the molecule is COCCNC(=O)c1ccccc1NS(=O)(=O)c1cc([N+](=O)[O-])ccc1C. The van der Waals surface area contributed by atoms with Crippen LogP contribution in [0.15, 0.2) is 47.4 Å². The quantitative estimate of drug-likeness (QED) is 0.401. The summed E-state index contributed by atoms with van der Waals surface area (Å²) in [5.41, 5.74) is 0.195. The van der Waals surface area contributed by atoms with Crippen molar-refractivity contribution in [3.63, 3.8) is 0 Å². The molecule has 0 saturated heterocycles. The van der Waals surface area contributed by atoms with E-state index in [1.807, 2.05) is 0 Å². The summed E-state index contributed by atoms with van der Waals surface area (Å²) >= 11 is 0. The highest BCUT2D eigenvalue weighted by molar-refractivity contribution is 7.92. The number of amides is 1. The lowest BCUT2D eigenvalue weighted by Crippen LogP contribution is -2.28. The lowest BCUT2D eigenvalue weighted by Gasteiger charge is -2.14. The molecule has 0 radical (unpaired) electrons. The number of sulfonamides is 1. The minimum atomic E-state index is -4.14. The molecule has 0 unspecified atom stereocenters. The molecule has 9 nitrogen and oxygen atoms in total. The van der Waals surface area contributed by atoms with Gasteiger partial charge in [-0.2, -0.15) is 0 Å². The first kappa shape index (κ1) is 20.3. The summed E-state index contributed by atoms with van der Waals surface area (Å²) in [5.74, 6) is -0.471. The number of methoxy groups -OCH3 is 1. The van der Waals surface area contributed by atoms with Crippen molar-refractivity contribution >= 4 is 27.3 Å². The summed E-state index contributed by atoms with van der Waals surface area (Å²) in [4.78, 5) is 22.3. The minimum Gasteiger partial charge on any atom is -0.383 e. The second-order valence-corrected chi connectivity index (χ2v) is 7.26. The fourth-order valence-electron chi connectivity index (χ4n) is 2.32. The molecule has 0 bridgehead atoms. The van der Waals surface area contributed by atoms with Gasteiger partial charge in [0.25, 0.3) is 21.6 Å². The fraction of sp³-hybridized carbons (Fsp3) is 0.235. The summed E-state index contributed by atoms with van der Waals surface area (Å²) in [6, 6.07) is 9.65. The zero-order valence-corrected chi connectivity index (χ0v) is 15.6. The minimum absolute atomic E-state index is 0.0679. The second-order valence-electron chi connectivity index (χ2n) is 5.61. The number of benzene rings is 2. The Balaban J connectivity index is 2.35. The van der Waals surface area contributed by atoms with E-state index in [0.717, 1.165) is 6.07 Å². The maximum Gasteiger partial charge on any atom is 0.270 e. The molecule has 0 saturated carbocycles. The number of aryl methyl sites for hydroxylation is 1. The molecule has 0 heterocycles. The third-order valence-corrected chi connectivity index (χ3v) is 5.19. The number of anilines is 1. The van der Waals surface area contributed by atoms with Crippen LogP contribution in [0.2, 0.25) is 0 Å². The maximum absolute atomic E-state index is 12.7. The molecule has 144 valence electrons. The van der Waals surface area contributed by atoms with Gasteiger partial charge in [-0.3, -0.25) is 19.6 Å². The van der Waals surface area contributed by atoms with Crippen molar-refractivity contribution in [1.29, 1.82) is 0 Å². The summed E-state index contributed by atoms with van der Waals surface area (Å²) < 4.78 is 32.7. The van der Waals surface area contributed by atoms with Gasteiger partial charge in [-0.25, -0.2) is 8.42 Å². The van der Waals surface area contributed by atoms with Crippen molar-refractivity contribution in [2.45, 2.75) is 11.8 Å². The number of nitro groups is 1. The Morgan fingerprint density at radius 3 is 2.59 bits per heavy atom. The molecule has 0 aromatic heterocycles. The van der Waals surface area contributed by atoms with Crippen LogP contribution in [0.3, 0.4) is 0 Å². The Morgan fingerprint density at radius 2 is 1.93 bits per heavy atom. The number of non-ortho nitro benzene ring substituents is 1. The van der Waals surface area contributed by atoms with Gasteiger partial charge in [-0.15, -0.1) is 0 Å². The zero-order chi connectivity index (χ0) is 20.0. The van der Waals surface area contributed by atoms with Crippen LogP contribution >= 0.6 is 0 Å². The van der Waals surface area contributed by atoms with Crippen LogP contribution in [0.5, 0.6) is 0 Å². The number of carbonyl (C=O) groups excluding carboxylic acids is 1. The molecule has 0 aliphatic carbocycles. The van der Waals surface area contributed by atoms with Gasteiger partial charge >= 0.3 is 0 Å². The Morgan fingerprint density at radius 1 is 1.22 bits per heavy atom. The van der Waals surface area contributed by atoms with Crippen LogP contribution in [0, 0.1) is 17.0 Å². The first-order chi connectivity index (χ1) is 12.8. The Bertz CT molecular complexity index is 959. The number of hydrogen-bond donors (Lipinski definition) is 2. The molecule has 0 atom stereocenters. The van der Waals surface area contributed by atoms with E-state index < -0.39 is 20.9 Å². The van der Waals surface area contributed by atoms with E-state index in [4.69, 9.17) is 4.74 Å². The van der Waals surface area contributed by atoms with Gasteiger partial charge in [0, 0.05) is 25.8 Å². The number of nitrogens with one attached hydrogen (secondary N) is 2. The van der Waals surface area contributed by atoms with E-state index in [1.54, 1.807) is 12.1 Å². The second kappa shape index (κ2) is 8.60. The van der Waals surface area contributed by atoms with Crippen LogP contribution < -0.4 is 10.0 Å². The number of nitrogens with zero attached hydrogens (tertiary/aromatic N) is 1. The van der Waals surface area contributed by atoms with E-state index in [0.29, 0.717) is 12.2 Å². The summed E-state index contributed by atoms with van der Waals surface area (Å²) in [6.45, 7) is 2.11. The van der Waals surface area contributed by atoms with Gasteiger partial charge in [0.05, 0.1) is 27.7 Å². The highest BCUT2D eigenvalue weighted by Crippen LogP contribution is 2.25. The molecule has 27 heavy (non-hydrogen) atoms. The number of rotatable bonds is 8. The van der Waals surface area contributed by atoms with Crippen molar-refractivity contribution in [2.24, 2.45) is 0 Å². The number of ether oxygens (including phenoxy) is 1. The average molecular weight is 393 g/mol. The monoisotopic (exact) mass is 393 g/mol. The standard InChI is InChI=1S/C17H19N3O6S/c1-12-7-8-13(20(22)23)11-16(12)27(24,25)19-15-6-4-3-5-14(15)17(21)18-9-10-26-2/h3-8,11,19H,9-10H2,1-2H3,(H,18,21). The molecule has 0 fully saturated rings. The van der Waals surface area contributed by atoms with Gasteiger partial charge in [0.15, 0.2) is 0 Å². The van der Waals surface area contributed by atoms with Crippen molar-refractivity contribution in [3.05, 3.63) is 63.7 Å². The first-order valence-electron chi connectivity index (χ1n) is 7.90. The van der Waals surface area contributed by atoms with E-state index in [1.165, 1.54) is 38.3 Å². The third-order valence-electron chi connectivity index (χ3n) is 3.68. The highest BCUT2D eigenvalue weighted by Gasteiger charge is 2.22. The van der Waals surface area contributed by atoms with Gasteiger partial charge in [-0.05, 0) is 24.6 Å². The first-order valence-corrected chi connectivity index (χ1v) is 9.38. The highest BCUT2D eigenvalue weighted by atomic mass is 32.2. The topological polar surface area (TPSA) is 128 Å². The Kier molecular flexibility index (Phi) is 6.48. The Hall–Kier alpha value is -2.98. The summed E-state index contributed by atoms with van der Waals surface area (Å²) in [6.07, 6.45) is 0. The Labute approximate surface area is 156 Å². The maximum atomic E-state index is 12.7. The molecule has 2 N–H and O–H groups in total. The van der Waals surface area contributed by atoms with E-state index in [-0.39, 0.29) is 28.4 Å². The molecule has 10 heteroatoms. The average Bonchev–Trinajstić information content (AvgIpc) is 2.62. The van der Waals surface area contributed by atoms with Crippen molar-refractivity contribution in [2.75, 3.05) is 25.0 Å². The van der Waals surface area contributed by atoms with Crippen LogP contribution in [0.25, 0.3) is 0 Å². The van der Waals surface area contributed by atoms with Gasteiger partial charge in [0.1, 0.15) is 0 Å². The van der Waals surface area contributed by atoms with Gasteiger partial charge in [-0.1, -0.05) is 18.2 Å². The smallest absolute Gasteiger partial charge is 0.270 e. The third kappa shape index (κ3) is 5.02. The molecule has 0 spiro atoms. The molecule has 0 aliphatic rings. The van der Waals surface area contributed by atoms with Crippen molar-refractivity contribution < 1.29 is 22.9 Å². The van der Waals surface area contributed by atoms with Crippen molar-refractivity contribution in [1.82, 2.24) is 5.32 Å². The number of nitro benzene ring substituents is 1. The van der Waals surface area contributed by atoms with Crippen LogP contribution in [0.1, 0.15) is 15.9 Å². The van der Waals surface area contributed by atoms with Crippen LogP contribution in [-0.2, 0) is 14.8 Å². The summed E-state index contributed by atoms with van der Waals surface area (Å²) in [5, 5.41) is 13.6. The molecule has 1 amide bonds. The normalized spacial score (nSPS) is 11.0. The van der Waals surface area contributed by atoms with E-state index in [9.17, 15) is 23.3 Å². The molecular weight excluding hydrogens is 374 g/mol. The van der Waals surface area contributed by atoms with Crippen LogP contribution in [-0.4, -0.2) is 39.5 Å². The predicted molar refractivity (Wildman–Crippen MR) is 99.3 cm³/mol. The van der Waals surface area contributed by atoms with Gasteiger partial charge in [0.2, 0.25) is 0 Å². The molecule has 0 aliphatic heterocycles. The van der Waals surface area contributed by atoms with Crippen molar-refractivity contribution in [3.8, 4) is 0 Å². The predicted octanol–water partition coefficient (Wildman–Crippen LogP) is 2.08. The number of carbonyl (C=O) groups is 1. The van der Waals surface area contributed by atoms with Crippen LogP contribution in [0.4, 0.5) is 11.4 Å². The zero-order valence-electron chi connectivity index (χ0n) is 14.8. The fourth-order valence-corrected chi connectivity index (χ4v) is 3.67. The van der Waals surface area contributed by atoms with Gasteiger partial charge < -0.3 is 10.1 Å². The molecule has 2 aromatic rings. The largest absolute Gasteiger partial charge is 0.383 e. The van der Waals surface area contributed by atoms with E-state index >= 15 is 0 Å². The molecule has 2 rings (SSSR count). The lowest BCUT2D eigenvalue weighted by molar-refractivity contribution is -0.385. The lowest BCUT2D eigenvalue weighted by atomic mass is 10.1. The van der Waals surface area contributed by atoms with E-state index in [2.05, 4.69) is 10.0 Å². The molecule has 2 aromatic carbocycles.